The van der Waals surface area contributed by atoms with Crippen molar-refractivity contribution in [3.05, 3.63) is 40.5 Å². The van der Waals surface area contributed by atoms with Gasteiger partial charge in [-0.1, -0.05) is 0 Å². The predicted octanol–water partition coefficient (Wildman–Crippen LogP) is 0.990. The summed E-state index contributed by atoms with van der Waals surface area (Å²) in [4.78, 5) is 24.6. The number of ketones is 2. The summed E-state index contributed by atoms with van der Waals surface area (Å²) in [5.74, 6) is -5.31. The van der Waals surface area contributed by atoms with Crippen LogP contribution in [0.2, 0.25) is 0 Å². The minimum absolute atomic E-state index is 0.174. The summed E-state index contributed by atoms with van der Waals surface area (Å²) in [6.45, 7) is 0. The van der Waals surface area contributed by atoms with Crippen LogP contribution in [0.5, 0.6) is 28.7 Å². The fraction of sp³-hybridized carbons (Fsp3) is 0. The number of fused-ring (bicyclic) bond motifs is 2. The quantitative estimate of drug-likeness (QED) is 0.389. The van der Waals surface area contributed by atoms with Crippen molar-refractivity contribution in [1.29, 1.82) is 0 Å². The average molecular weight is 288 g/mol. The van der Waals surface area contributed by atoms with Crippen LogP contribution in [0, 0.1) is 0 Å². The molecule has 0 amide bonds. The minimum Gasteiger partial charge on any atom is -0.504 e. The maximum Gasteiger partial charge on any atom is 0.201 e. The van der Waals surface area contributed by atoms with Gasteiger partial charge in [0.1, 0.15) is 0 Å². The normalized spacial score (nSPS) is 13.0. The zero-order chi connectivity index (χ0) is 15.5. The van der Waals surface area contributed by atoms with E-state index in [1.54, 1.807) is 0 Å². The molecule has 1 aliphatic rings. The largest absolute Gasteiger partial charge is 0.504 e. The fourth-order valence-electron chi connectivity index (χ4n) is 2.29. The summed E-state index contributed by atoms with van der Waals surface area (Å²) in [6, 6.07) is 2.68. The smallest absolute Gasteiger partial charge is 0.201 e. The summed E-state index contributed by atoms with van der Waals surface area (Å²) >= 11 is 0. The van der Waals surface area contributed by atoms with Gasteiger partial charge >= 0.3 is 0 Å². The van der Waals surface area contributed by atoms with Crippen LogP contribution in [0.15, 0.2) is 18.2 Å². The van der Waals surface area contributed by atoms with Crippen LogP contribution in [0.3, 0.4) is 0 Å². The van der Waals surface area contributed by atoms with Crippen LogP contribution < -0.4 is 0 Å². The van der Waals surface area contributed by atoms with Crippen molar-refractivity contribution in [1.82, 2.24) is 0 Å². The Balaban J connectivity index is 2.38. The number of rotatable bonds is 0. The van der Waals surface area contributed by atoms with Gasteiger partial charge in [-0.25, -0.2) is 0 Å². The molecule has 0 radical (unpaired) electrons. The van der Waals surface area contributed by atoms with Gasteiger partial charge in [-0.15, -0.1) is 0 Å². The lowest BCUT2D eigenvalue weighted by atomic mass is 9.83. The molecular weight excluding hydrogens is 280 g/mol. The molecule has 106 valence electrons. The first-order valence-electron chi connectivity index (χ1n) is 5.76. The van der Waals surface area contributed by atoms with Crippen LogP contribution >= 0.6 is 0 Å². The molecule has 2 aromatic carbocycles. The number of benzene rings is 2. The number of phenolic OH excluding ortho intramolecular Hbond substituents is 5. The fourth-order valence-corrected chi connectivity index (χ4v) is 2.29. The van der Waals surface area contributed by atoms with Crippen molar-refractivity contribution in [2.24, 2.45) is 0 Å². The van der Waals surface area contributed by atoms with Gasteiger partial charge in [-0.05, 0) is 18.2 Å². The number of hydrogen-bond acceptors (Lipinski definition) is 7. The van der Waals surface area contributed by atoms with Gasteiger partial charge in [0.2, 0.25) is 5.75 Å². The first kappa shape index (κ1) is 12.8. The van der Waals surface area contributed by atoms with E-state index in [2.05, 4.69) is 0 Å². The molecule has 0 fully saturated rings. The lowest BCUT2D eigenvalue weighted by Gasteiger charge is -2.19. The van der Waals surface area contributed by atoms with Gasteiger partial charge in [0, 0.05) is 16.7 Å². The highest BCUT2D eigenvalue weighted by molar-refractivity contribution is 6.30. The Morgan fingerprint density at radius 1 is 0.571 bits per heavy atom. The minimum atomic E-state index is -0.915. The molecule has 0 heterocycles. The molecule has 0 atom stereocenters. The second-order valence-corrected chi connectivity index (χ2v) is 4.56. The standard InChI is InChI=1S/C14H8O7/c15-7-1-4-5(2-8(7)16)12(19)10-6(11(4)18)3-9(17)13(20)14(10)21/h1-3,15-17,20-21H. The molecule has 0 aromatic heterocycles. The van der Waals surface area contributed by atoms with Crippen LogP contribution in [-0.4, -0.2) is 37.1 Å². The zero-order valence-corrected chi connectivity index (χ0v) is 10.3. The lowest BCUT2D eigenvalue weighted by Crippen LogP contribution is -2.21. The van der Waals surface area contributed by atoms with Crippen molar-refractivity contribution in [2.45, 2.75) is 0 Å². The van der Waals surface area contributed by atoms with Gasteiger partial charge < -0.3 is 25.5 Å². The van der Waals surface area contributed by atoms with Crippen LogP contribution in [0.1, 0.15) is 31.8 Å². The second-order valence-electron chi connectivity index (χ2n) is 4.56. The second kappa shape index (κ2) is 3.89. The molecule has 2 aromatic rings. The third-order valence-corrected chi connectivity index (χ3v) is 3.33. The van der Waals surface area contributed by atoms with E-state index >= 15 is 0 Å². The van der Waals surface area contributed by atoms with Crippen LogP contribution in [-0.2, 0) is 0 Å². The summed E-state index contributed by atoms with van der Waals surface area (Å²) in [5.41, 5.74) is -1.16. The van der Waals surface area contributed by atoms with Gasteiger partial charge in [0.15, 0.2) is 34.6 Å². The highest BCUT2D eigenvalue weighted by Crippen LogP contribution is 2.44. The molecule has 0 saturated carbocycles. The molecule has 5 N–H and O–H groups in total. The van der Waals surface area contributed by atoms with E-state index in [1.165, 1.54) is 0 Å². The molecule has 0 saturated heterocycles. The Hall–Kier alpha value is -3.22. The van der Waals surface area contributed by atoms with Gasteiger partial charge in [0.05, 0.1) is 5.56 Å². The average Bonchev–Trinajstić information content (AvgIpc) is 2.44. The summed E-state index contributed by atoms with van der Waals surface area (Å²) in [5, 5.41) is 47.5. The van der Waals surface area contributed by atoms with E-state index in [-0.39, 0.29) is 16.7 Å². The van der Waals surface area contributed by atoms with E-state index in [1.807, 2.05) is 0 Å². The first-order valence-corrected chi connectivity index (χ1v) is 5.76. The Morgan fingerprint density at radius 2 is 1.05 bits per heavy atom. The molecule has 21 heavy (non-hydrogen) atoms. The maximum atomic E-state index is 12.3. The first-order chi connectivity index (χ1) is 9.82. The third-order valence-electron chi connectivity index (χ3n) is 3.33. The van der Waals surface area contributed by atoms with E-state index in [9.17, 15) is 35.1 Å². The van der Waals surface area contributed by atoms with E-state index < -0.39 is 45.9 Å². The number of hydrogen-bond donors (Lipinski definition) is 5. The van der Waals surface area contributed by atoms with Crippen molar-refractivity contribution in [3.8, 4) is 28.7 Å². The Bertz CT molecular complexity index is 836. The van der Waals surface area contributed by atoms with Gasteiger partial charge in [-0.3, -0.25) is 9.59 Å². The molecule has 0 aliphatic heterocycles. The van der Waals surface area contributed by atoms with Crippen LogP contribution in [0.25, 0.3) is 0 Å². The summed E-state index contributed by atoms with van der Waals surface area (Å²) in [7, 11) is 0. The topological polar surface area (TPSA) is 135 Å². The summed E-state index contributed by atoms with van der Waals surface area (Å²) < 4.78 is 0. The molecule has 7 nitrogen and oxygen atoms in total. The van der Waals surface area contributed by atoms with Crippen LogP contribution in [0.4, 0.5) is 0 Å². The number of phenols is 5. The van der Waals surface area contributed by atoms with E-state index in [0.717, 1.165) is 18.2 Å². The Morgan fingerprint density at radius 3 is 1.62 bits per heavy atom. The molecule has 7 heteroatoms. The predicted molar refractivity (Wildman–Crippen MR) is 68.1 cm³/mol. The highest BCUT2D eigenvalue weighted by atomic mass is 16.3. The number of aromatic hydroxyl groups is 5. The number of carbonyl (C=O) groups is 2. The molecule has 1 aliphatic carbocycles. The van der Waals surface area contributed by atoms with Gasteiger partial charge in [-0.2, -0.15) is 0 Å². The Labute approximate surface area is 117 Å². The Kier molecular flexibility index (Phi) is 2.37. The van der Waals surface area contributed by atoms with E-state index in [0.29, 0.717) is 0 Å². The van der Waals surface area contributed by atoms with Crippen molar-refractivity contribution >= 4 is 11.6 Å². The molecule has 0 spiro atoms. The van der Waals surface area contributed by atoms with Crippen molar-refractivity contribution in [3.63, 3.8) is 0 Å². The molecule has 0 unspecified atom stereocenters. The third kappa shape index (κ3) is 1.54. The molecular formula is C14H8O7. The van der Waals surface area contributed by atoms with Gasteiger partial charge in [0.25, 0.3) is 0 Å². The van der Waals surface area contributed by atoms with Crippen molar-refractivity contribution < 1.29 is 35.1 Å². The maximum absolute atomic E-state index is 12.3. The lowest BCUT2D eigenvalue weighted by molar-refractivity contribution is 0.0975. The molecule has 0 bridgehead atoms. The SMILES string of the molecule is O=C1c2cc(O)c(O)cc2C(=O)c2c1cc(O)c(O)c2O. The number of carbonyl (C=O) groups excluding carboxylic acids is 2. The summed E-state index contributed by atoms with van der Waals surface area (Å²) in [6.07, 6.45) is 0. The molecule has 3 rings (SSSR count). The monoisotopic (exact) mass is 288 g/mol. The van der Waals surface area contributed by atoms with Crippen molar-refractivity contribution in [2.75, 3.05) is 0 Å². The highest BCUT2D eigenvalue weighted by Gasteiger charge is 2.35. The zero-order valence-electron chi connectivity index (χ0n) is 10.3. The van der Waals surface area contributed by atoms with E-state index in [4.69, 9.17) is 0 Å².